The van der Waals surface area contributed by atoms with Crippen LogP contribution in [0.2, 0.25) is 0 Å². The zero-order valence-corrected chi connectivity index (χ0v) is 15.0. The maximum atomic E-state index is 13.2. The maximum Gasteiger partial charge on any atom is 0.257 e. The van der Waals surface area contributed by atoms with E-state index in [1.54, 1.807) is 6.20 Å². The van der Waals surface area contributed by atoms with Crippen molar-refractivity contribution < 1.29 is 9.53 Å². The first-order valence-electron chi connectivity index (χ1n) is 9.02. The summed E-state index contributed by atoms with van der Waals surface area (Å²) >= 11 is 0. The topological polar surface area (TPSA) is 60.2 Å². The number of hydrogen-bond acceptors (Lipinski definition) is 4. The summed E-state index contributed by atoms with van der Waals surface area (Å²) in [5.74, 6) is 0.000932. The molecule has 0 aromatic carbocycles. The highest BCUT2D eigenvalue weighted by atomic mass is 16.5. The van der Waals surface area contributed by atoms with Gasteiger partial charge in [0, 0.05) is 32.1 Å². The normalized spacial score (nSPS) is 17.0. The molecule has 0 aliphatic carbocycles. The fraction of sp³-hybridized carbons (Fsp3) is 0.526. The van der Waals surface area contributed by atoms with Crippen molar-refractivity contribution in [2.45, 2.75) is 52.3 Å². The molecule has 0 spiro atoms. The summed E-state index contributed by atoms with van der Waals surface area (Å²) in [5.41, 5.74) is 2.33. The van der Waals surface area contributed by atoms with E-state index in [0.29, 0.717) is 18.7 Å². The highest BCUT2D eigenvalue weighted by molar-refractivity contribution is 5.95. The van der Waals surface area contributed by atoms with Gasteiger partial charge in [-0.25, -0.2) is 0 Å². The quantitative estimate of drug-likeness (QED) is 0.776. The molecule has 1 aliphatic heterocycles. The third-order valence-corrected chi connectivity index (χ3v) is 4.44. The Morgan fingerprint density at radius 1 is 1.44 bits per heavy atom. The molecule has 3 rings (SSSR count). The van der Waals surface area contributed by atoms with Gasteiger partial charge >= 0.3 is 0 Å². The standard InChI is InChI=1S/C19H26N4O2/c1-3-10-23-14-18(15(2)21-23)19(24)22(13-17-8-6-11-25-17)12-16-7-4-5-9-20-16/h4-5,7,9,14,17H,3,6,8,10-13H2,1-2H3. The van der Waals surface area contributed by atoms with E-state index in [-0.39, 0.29) is 12.0 Å². The molecule has 25 heavy (non-hydrogen) atoms. The number of aryl methyl sites for hydroxylation is 2. The summed E-state index contributed by atoms with van der Waals surface area (Å²) in [6.45, 7) is 6.67. The van der Waals surface area contributed by atoms with Gasteiger partial charge < -0.3 is 9.64 Å². The molecule has 1 unspecified atom stereocenters. The molecule has 0 saturated carbocycles. The van der Waals surface area contributed by atoms with Crippen molar-refractivity contribution in [2.24, 2.45) is 0 Å². The van der Waals surface area contributed by atoms with Gasteiger partial charge in [0.05, 0.1) is 29.6 Å². The lowest BCUT2D eigenvalue weighted by Gasteiger charge is -2.25. The number of aromatic nitrogens is 3. The van der Waals surface area contributed by atoms with Crippen LogP contribution in [-0.2, 0) is 17.8 Å². The summed E-state index contributed by atoms with van der Waals surface area (Å²) in [6.07, 6.45) is 6.78. The molecule has 0 N–H and O–H groups in total. The van der Waals surface area contributed by atoms with Crippen LogP contribution in [0.1, 0.15) is 47.9 Å². The lowest BCUT2D eigenvalue weighted by molar-refractivity contribution is 0.0503. The average Bonchev–Trinajstić information content (AvgIpc) is 3.25. The Labute approximate surface area is 148 Å². The van der Waals surface area contributed by atoms with Crippen molar-refractivity contribution in [3.8, 4) is 0 Å². The van der Waals surface area contributed by atoms with Crippen molar-refractivity contribution in [3.63, 3.8) is 0 Å². The molecule has 2 aromatic rings. The summed E-state index contributed by atoms with van der Waals surface area (Å²) in [5, 5.41) is 4.46. The van der Waals surface area contributed by atoms with E-state index in [4.69, 9.17) is 4.74 Å². The Morgan fingerprint density at radius 2 is 2.32 bits per heavy atom. The minimum absolute atomic E-state index is 0.000932. The Balaban J connectivity index is 1.80. The second-order valence-corrected chi connectivity index (χ2v) is 6.53. The molecule has 6 heteroatoms. The van der Waals surface area contributed by atoms with Gasteiger partial charge in [-0.2, -0.15) is 5.10 Å². The van der Waals surface area contributed by atoms with Gasteiger partial charge in [-0.15, -0.1) is 0 Å². The first-order valence-corrected chi connectivity index (χ1v) is 9.02. The number of carbonyl (C=O) groups is 1. The van der Waals surface area contributed by atoms with Gasteiger partial charge in [-0.05, 0) is 38.3 Å². The number of carbonyl (C=O) groups excluding carboxylic acids is 1. The molecule has 1 atom stereocenters. The van der Waals surface area contributed by atoms with Crippen molar-refractivity contribution in [2.75, 3.05) is 13.2 Å². The van der Waals surface area contributed by atoms with Crippen LogP contribution in [-0.4, -0.2) is 44.8 Å². The molecule has 6 nitrogen and oxygen atoms in total. The Hall–Kier alpha value is -2.21. The third-order valence-electron chi connectivity index (χ3n) is 4.44. The summed E-state index contributed by atoms with van der Waals surface area (Å²) in [7, 11) is 0. The predicted octanol–water partition coefficient (Wildman–Crippen LogP) is 2.82. The lowest BCUT2D eigenvalue weighted by atomic mass is 10.1. The van der Waals surface area contributed by atoms with E-state index in [0.717, 1.165) is 43.8 Å². The molecule has 2 aromatic heterocycles. The van der Waals surface area contributed by atoms with Crippen LogP contribution >= 0.6 is 0 Å². The monoisotopic (exact) mass is 342 g/mol. The molecule has 1 fully saturated rings. The zero-order chi connectivity index (χ0) is 17.6. The Bertz CT molecular complexity index is 693. The molecule has 1 amide bonds. The van der Waals surface area contributed by atoms with E-state index < -0.39 is 0 Å². The molecular formula is C19H26N4O2. The van der Waals surface area contributed by atoms with Crippen LogP contribution in [0.25, 0.3) is 0 Å². The Kier molecular flexibility index (Phi) is 5.81. The number of nitrogens with zero attached hydrogens (tertiary/aromatic N) is 4. The van der Waals surface area contributed by atoms with E-state index in [2.05, 4.69) is 17.0 Å². The van der Waals surface area contributed by atoms with Crippen molar-refractivity contribution >= 4 is 5.91 Å². The van der Waals surface area contributed by atoms with Crippen molar-refractivity contribution in [1.82, 2.24) is 19.7 Å². The van der Waals surface area contributed by atoms with Crippen LogP contribution in [0, 0.1) is 6.92 Å². The second kappa shape index (κ2) is 8.25. The molecule has 0 radical (unpaired) electrons. The summed E-state index contributed by atoms with van der Waals surface area (Å²) in [6, 6.07) is 5.78. The SMILES string of the molecule is CCCn1cc(C(=O)N(Cc2ccccn2)CC2CCCO2)c(C)n1. The largest absolute Gasteiger partial charge is 0.376 e. The molecular weight excluding hydrogens is 316 g/mol. The fourth-order valence-corrected chi connectivity index (χ4v) is 3.18. The van der Waals surface area contributed by atoms with Gasteiger partial charge in [-0.1, -0.05) is 13.0 Å². The van der Waals surface area contributed by atoms with Crippen LogP contribution in [0.4, 0.5) is 0 Å². The minimum atomic E-state index is 0.000932. The van der Waals surface area contributed by atoms with E-state index >= 15 is 0 Å². The van der Waals surface area contributed by atoms with Crippen LogP contribution in [0.3, 0.4) is 0 Å². The molecule has 1 aliphatic rings. The van der Waals surface area contributed by atoms with Gasteiger partial charge in [0.25, 0.3) is 5.91 Å². The highest BCUT2D eigenvalue weighted by Gasteiger charge is 2.26. The van der Waals surface area contributed by atoms with Crippen molar-refractivity contribution in [3.05, 3.63) is 47.5 Å². The van der Waals surface area contributed by atoms with Crippen molar-refractivity contribution in [1.29, 1.82) is 0 Å². The van der Waals surface area contributed by atoms with E-state index in [9.17, 15) is 4.79 Å². The Morgan fingerprint density at radius 3 is 3.00 bits per heavy atom. The lowest BCUT2D eigenvalue weighted by Crippen LogP contribution is -2.37. The van der Waals surface area contributed by atoms with Crippen LogP contribution < -0.4 is 0 Å². The van der Waals surface area contributed by atoms with Gasteiger partial charge in [0.2, 0.25) is 0 Å². The van der Waals surface area contributed by atoms with E-state index in [1.165, 1.54) is 0 Å². The maximum absolute atomic E-state index is 13.2. The van der Waals surface area contributed by atoms with Gasteiger partial charge in [0.15, 0.2) is 0 Å². The summed E-state index contributed by atoms with van der Waals surface area (Å²) in [4.78, 5) is 19.4. The van der Waals surface area contributed by atoms with Crippen LogP contribution in [0.5, 0.6) is 0 Å². The molecule has 134 valence electrons. The van der Waals surface area contributed by atoms with Gasteiger partial charge in [0.1, 0.15) is 0 Å². The molecule has 3 heterocycles. The third kappa shape index (κ3) is 4.45. The average molecular weight is 342 g/mol. The summed E-state index contributed by atoms with van der Waals surface area (Å²) < 4.78 is 7.60. The zero-order valence-electron chi connectivity index (χ0n) is 15.0. The number of rotatable bonds is 7. The number of pyridine rings is 1. The number of ether oxygens (including phenoxy) is 1. The fourth-order valence-electron chi connectivity index (χ4n) is 3.18. The van der Waals surface area contributed by atoms with Gasteiger partial charge in [-0.3, -0.25) is 14.5 Å². The van der Waals surface area contributed by atoms with E-state index in [1.807, 2.05) is 40.9 Å². The first-order chi connectivity index (χ1) is 12.2. The second-order valence-electron chi connectivity index (χ2n) is 6.53. The molecule has 1 saturated heterocycles. The minimum Gasteiger partial charge on any atom is -0.376 e. The highest BCUT2D eigenvalue weighted by Crippen LogP contribution is 2.18. The number of hydrogen-bond donors (Lipinski definition) is 0. The smallest absolute Gasteiger partial charge is 0.257 e. The van der Waals surface area contributed by atoms with Crippen LogP contribution in [0.15, 0.2) is 30.6 Å². The molecule has 0 bridgehead atoms. The first kappa shape index (κ1) is 17.6. The number of amides is 1. The predicted molar refractivity (Wildman–Crippen MR) is 95.2 cm³/mol.